The molecular weight excluding hydrogens is 357 g/mol. The lowest BCUT2D eigenvalue weighted by Gasteiger charge is -2.49. The maximum atomic E-state index is 14.7. The number of rotatable bonds is 4. The van der Waals surface area contributed by atoms with Gasteiger partial charge in [-0.3, -0.25) is 14.9 Å². The normalized spacial score (nSPS) is 14.6. The van der Waals surface area contributed by atoms with E-state index in [9.17, 15) is 34.8 Å². The van der Waals surface area contributed by atoms with Gasteiger partial charge >= 0.3 is 0 Å². The Balaban J connectivity index is 3.00. The van der Waals surface area contributed by atoms with E-state index in [0.29, 0.717) is 12.1 Å². The van der Waals surface area contributed by atoms with Gasteiger partial charge in [-0.05, 0) is 31.2 Å². The van der Waals surface area contributed by atoms with E-state index < -0.39 is 47.4 Å². The molecule has 24 heavy (non-hydrogen) atoms. The molecule has 0 fully saturated rings. The number of carbonyl (C=O) groups is 1. The highest BCUT2D eigenvalue weighted by molar-refractivity contribution is 8.49. The van der Waals surface area contributed by atoms with Crippen LogP contribution in [0.5, 0.6) is 0 Å². The Hall–Kier alpha value is -2.49. The second-order valence-corrected chi connectivity index (χ2v) is 8.01. The molecule has 0 aromatic heterocycles. The smallest absolute Gasteiger partial charge is 0.289 e. The standard InChI is InChI=1S/C14H10F5NO3S/c1-9(21)10-6-7-12(20(22)23)14(8-10)24(16,17,18,19)13-5-3-2-4-11(13)15/h2-8H,1H3. The summed E-state index contributed by atoms with van der Waals surface area (Å²) in [5, 5.41) is 10.9. The van der Waals surface area contributed by atoms with E-state index in [1.54, 1.807) is 0 Å². The number of nitro benzene ring substituents is 1. The molecule has 0 bridgehead atoms. The van der Waals surface area contributed by atoms with Crippen molar-refractivity contribution in [3.05, 3.63) is 64.0 Å². The van der Waals surface area contributed by atoms with E-state index in [-0.39, 0.29) is 12.1 Å². The Labute approximate surface area is 132 Å². The summed E-state index contributed by atoms with van der Waals surface area (Å²) >= 11 is 0. The molecule has 0 amide bonds. The van der Waals surface area contributed by atoms with Crippen LogP contribution in [-0.4, -0.2) is 10.7 Å². The summed E-state index contributed by atoms with van der Waals surface area (Å²) in [6.07, 6.45) is 0. The van der Waals surface area contributed by atoms with E-state index in [4.69, 9.17) is 0 Å². The first-order valence-corrected chi connectivity index (χ1v) is 8.37. The first-order chi connectivity index (χ1) is 10.8. The topological polar surface area (TPSA) is 60.2 Å². The van der Waals surface area contributed by atoms with Crippen LogP contribution in [0.2, 0.25) is 0 Å². The predicted octanol–water partition coefficient (Wildman–Crippen LogP) is 5.77. The molecule has 10 heteroatoms. The van der Waals surface area contributed by atoms with E-state index in [1.165, 1.54) is 0 Å². The van der Waals surface area contributed by atoms with E-state index >= 15 is 0 Å². The van der Waals surface area contributed by atoms with Crippen molar-refractivity contribution in [3.8, 4) is 0 Å². The zero-order chi connectivity index (χ0) is 18.4. The van der Waals surface area contributed by atoms with Gasteiger partial charge in [-0.25, -0.2) is 4.39 Å². The molecule has 0 saturated carbocycles. The van der Waals surface area contributed by atoms with Crippen LogP contribution in [0, 0.1) is 15.9 Å². The molecule has 0 aliphatic rings. The summed E-state index contributed by atoms with van der Waals surface area (Å²) in [6.45, 7) is 0.918. The molecule has 0 spiro atoms. The zero-order valence-corrected chi connectivity index (χ0v) is 12.8. The molecule has 2 aromatic carbocycles. The van der Waals surface area contributed by atoms with Gasteiger partial charge in [-0.15, -0.1) is 15.5 Å². The molecule has 4 nitrogen and oxygen atoms in total. The maximum Gasteiger partial charge on any atom is 0.289 e. The van der Waals surface area contributed by atoms with Crippen molar-refractivity contribution in [1.82, 2.24) is 0 Å². The molecule has 0 heterocycles. The van der Waals surface area contributed by atoms with Crippen LogP contribution in [0.3, 0.4) is 0 Å². The molecule has 0 atom stereocenters. The van der Waals surface area contributed by atoms with Crippen molar-refractivity contribution in [2.45, 2.75) is 16.7 Å². The van der Waals surface area contributed by atoms with E-state index in [1.807, 2.05) is 0 Å². The number of nitrogens with zero attached hydrogens (tertiary/aromatic N) is 1. The van der Waals surface area contributed by atoms with E-state index in [0.717, 1.165) is 25.1 Å². The second-order valence-electron chi connectivity index (χ2n) is 5.00. The zero-order valence-electron chi connectivity index (χ0n) is 12.0. The van der Waals surface area contributed by atoms with Gasteiger partial charge in [0.15, 0.2) is 10.7 Å². The minimum atomic E-state index is -9.60. The predicted molar refractivity (Wildman–Crippen MR) is 78.1 cm³/mol. The number of hydrogen-bond acceptors (Lipinski definition) is 3. The largest absolute Gasteiger partial charge is 0.295 e. The minimum Gasteiger partial charge on any atom is -0.295 e. The van der Waals surface area contributed by atoms with Gasteiger partial charge < -0.3 is 0 Å². The molecule has 0 N–H and O–H groups in total. The van der Waals surface area contributed by atoms with Crippen LogP contribution in [0.15, 0.2) is 52.3 Å². The average Bonchev–Trinajstić information content (AvgIpc) is 2.45. The molecule has 130 valence electrons. The summed E-state index contributed by atoms with van der Waals surface area (Å²) in [7, 11) is -9.60. The van der Waals surface area contributed by atoms with Crippen molar-refractivity contribution >= 4 is 21.3 Å². The van der Waals surface area contributed by atoms with Gasteiger partial charge in [0.25, 0.3) is 5.69 Å². The molecule has 0 aliphatic carbocycles. The highest BCUT2D eigenvalue weighted by atomic mass is 32.5. The van der Waals surface area contributed by atoms with Gasteiger partial charge in [-0.1, -0.05) is 12.1 Å². The highest BCUT2D eigenvalue weighted by Gasteiger charge is 2.70. The third-order valence-electron chi connectivity index (χ3n) is 3.28. The van der Waals surface area contributed by atoms with Gasteiger partial charge in [-0.2, -0.15) is 0 Å². The molecule has 0 saturated heterocycles. The van der Waals surface area contributed by atoms with Crippen molar-refractivity contribution in [3.63, 3.8) is 0 Å². The van der Waals surface area contributed by atoms with Crippen LogP contribution in [0.1, 0.15) is 17.3 Å². The fourth-order valence-corrected chi connectivity index (χ4v) is 4.09. The Morgan fingerprint density at radius 1 is 1.04 bits per heavy atom. The third kappa shape index (κ3) is 2.73. The minimum absolute atomic E-state index is 0.0501. The summed E-state index contributed by atoms with van der Waals surface area (Å²) < 4.78 is 72.6. The quantitative estimate of drug-likeness (QED) is 0.298. The molecular formula is C14H10F5NO3S. The van der Waals surface area contributed by atoms with E-state index in [2.05, 4.69) is 0 Å². The number of ketones is 1. The Kier molecular flexibility index (Phi) is 3.54. The lowest BCUT2D eigenvalue weighted by molar-refractivity contribution is -0.388. The van der Waals surface area contributed by atoms with Gasteiger partial charge in [0.2, 0.25) is 9.84 Å². The molecule has 0 aliphatic heterocycles. The number of carbonyl (C=O) groups excluding carboxylic acids is 1. The first kappa shape index (κ1) is 17.9. The third-order valence-corrected chi connectivity index (χ3v) is 5.71. The van der Waals surface area contributed by atoms with Crippen molar-refractivity contribution < 1.29 is 29.7 Å². The van der Waals surface area contributed by atoms with Crippen molar-refractivity contribution in [1.29, 1.82) is 0 Å². The van der Waals surface area contributed by atoms with Crippen LogP contribution >= 0.6 is 9.84 Å². The van der Waals surface area contributed by atoms with Crippen molar-refractivity contribution in [2.75, 3.05) is 0 Å². The summed E-state index contributed by atoms with van der Waals surface area (Å²) in [5.74, 6) is -2.76. The number of halogens is 5. The highest BCUT2D eigenvalue weighted by Crippen LogP contribution is 3.05. The van der Waals surface area contributed by atoms with Gasteiger partial charge in [0, 0.05) is 11.6 Å². The van der Waals surface area contributed by atoms with Crippen LogP contribution in [0.4, 0.5) is 25.6 Å². The second kappa shape index (κ2) is 4.76. The Bertz CT molecular complexity index is 878. The number of Topliss-reactive ketones (excluding diaryl/α,β-unsaturated/α-hetero) is 1. The van der Waals surface area contributed by atoms with Crippen LogP contribution in [0.25, 0.3) is 0 Å². The fourth-order valence-electron chi connectivity index (χ4n) is 2.11. The molecule has 0 unspecified atom stereocenters. The Morgan fingerprint density at radius 2 is 1.62 bits per heavy atom. The lowest BCUT2D eigenvalue weighted by Crippen LogP contribution is -2.18. The summed E-state index contributed by atoms with van der Waals surface area (Å²) in [6, 6.07) is 3.46. The summed E-state index contributed by atoms with van der Waals surface area (Å²) in [4.78, 5) is 16.3. The molecule has 2 rings (SSSR count). The fraction of sp³-hybridized carbons (Fsp3) is 0.0714. The van der Waals surface area contributed by atoms with Gasteiger partial charge in [0.05, 0.1) is 4.92 Å². The number of hydrogen-bond donors (Lipinski definition) is 0. The van der Waals surface area contributed by atoms with Crippen molar-refractivity contribution in [2.24, 2.45) is 0 Å². The van der Waals surface area contributed by atoms with Crippen LogP contribution < -0.4 is 0 Å². The molecule has 2 aromatic rings. The molecule has 0 radical (unpaired) electrons. The number of nitro groups is 1. The lowest BCUT2D eigenvalue weighted by atomic mass is 10.1. The van der Waals surface area contributed by atoms with Gasteiger partial charge in [0.1, 0.15) is 10.7 Å². The summed E-state index contributed by atoms with van der Waals surface area (Å²) in [5.41, 5.74) is -2.18. The average molecular weight is 367 g/mol. The monoisotopic (exact) mass is 367 g/mol. The Morgan fingerprint density at radius 3 is 2.12 bits per heavy atom. The SMILES string of the molecule is CC(=O)c1ccc([N+](=O)[O-])c(S(F)(F)(F)(F)c2ccccc2F)c1. The first-order valence-electron chi connectivity index (χ1n) is 6.32. The number of benzene rings is 2. The van der Waals surface area contributed by atoms with Crippen LogP contribution in [-0.2, 0) is 0 Å². The maximum absolute atomic E-state index is 14.7.